The van der Waals surface area contributed by atoms with Gasteiger partial charge in [0.05, 0.1) is 5.56 Å². The lowest BCUT2D eigenvalue weighted by Crippen LogP contribution is -2.49. The van der Waals surface area contributed by atoms with Crippen LogP contribution in [-0.4, -0.2) is 47.2 Å². The number of nitrogens with zero attached hydrogens (tertiary/aromatic N) is 3. The zero-order chi connectivity index (χ0) is 23.8. The second-order valence-corrected chi connectivity index (χ2v) is 7.78. The number of hydrogen-bond donors (Lipinski definition) is 1. The predicted octanol–water partition coefficient (Wildman–Crippen LogP) is 4.52. The van der Waals surface area contributed by atoms with Gasteiger partial charge in [0.15, 0.2) is 5.76 Å². The van der Waals surface area contributed by atoms with E-state index in [1.54, 1.807) is 11.0 Å². The molecule has 1 fully saturated rings. The first-order valence-electron chi connectivity index (χ1n) is 10.3. The van der Waals surface area contributed by atoms with E-state index in [0.29, 0.717) is 24.3 Å². The highest BCUT2D eigenvalue weighted by Gasteiger charge is 2.33. The van der Waals surface area contributed by atoms with Gasteiger partial charge in [-0.3, -0.25) is 4.79 Å². The maximum absolute atomic E-state index is 13.3. The third-order valence-electron chi connectivity index (χ3n) is 5.53. The van der Waals surface area contributed by atoms with Gasteiger partial charge in [-0.15, -0.1) is 0 Å². The van der Waals surface area contributed by atoms with Crippen LogP contribution in [0.5, 0.6) is 0 Å². The number of halogens is 4. The molecular weight excluding hydrogens is 442 g/mol. The van der Waals surface area contributed by atoms with Gasteiger partial charge in [0.25, 0.3) is 5.91 Å². The molecule has 2 heterocycles. The summed E-state index contributed by atoms with van der Waals surface area (Å²) in [6.45, 7) is 2.60. The van der Waals surface area contributed by atoms with Gasteiger partial charge in [0.2, 0.25) is 0 Å². The second-order valence-electron chi connectivity index (χ2n) is 7.78. The molecule has 1 aliphatic heterocycles. The number of carbonyl (C=O) groups excluding carboxylic acids is 1. The van der Waals surface area contributed by atoms with Crippen molar-refractivity contribution in [3.05, 3.63) is 71.2 Å². The van der Waals surface area contributed by atoms with Crippen molar-refractivity contribution in [3.63, 3.8) is 0 Å². The Morgan fingerprint density at radius 2 is 1.76 bits per heavy atom. The summed E-state index contributed by atoms with van der Waals surface area (Å²) >= 11 is 0. The zero-order valence-corrected chi connectivity index (χ0v) is 17.6. The molecule has 174 valence electrons. The van der Waals surface area contributed by atoms with E-state index in [0.717, 1.165) is 12.1 Å². The summed E-state index contributed by atoms with van der Waals surface area (Å²) in [6, 6.07) is 10.5. The summed E-state index contributed by atoms with van der Waals surface area (Å²) in [7, 11) is 0. The maximum Gasteiger partial charge on any atom is 0.416 e. The fourth-order valence-corrected chi connectivity index (χ4v) is 3.80. The Kier molecular flexibility index (Phi) is 6.11. The number of aliphatic hydroxyl groups excluding tert-OH is 1. The summed E-state index contributed by atoms with van der Waals surface area (Å²) in [5.74, 6) is -0.869. The number of benzene rings is 2. The minimum absolute atomic E-state index is 0.000340. The number of carbonyl (C=O) groups is 1. The van der Waals surface area contributed by atoms with Gasteiger partial charge in [0, 0.05) is 37.4 Å². The Balaban J connectivity index is 1.55. The molecule has 0 saturated carbocycles. The molecule has 10 heteroatoms. The van der Waals surface area contributed by atoms with Crippen LogP contribution in [0, 0.1) is 5.82 Å². The van der Waals surface area contributed by atoms with E-state index in [4.69, 9.17) is 4.52 Å². The highest BCUT2D eigenvalue weighted by atomic mass is 19.4. The van der Waals surface area contributed by atoms with Crippen LogP contribution in [0.1, 0.15) is 34.7 Å². The van der Waals surface area contributed by atoms with Crippen molar-refractivity contribution in [1.82, 2.24) is 10.1 Å². The SMILES string of the molecule is CC(O)c1onc(-c2ccc(F)cc2)c1C(=O)N1CCN(c2cccc(C(F)(F)F)c2)CC1. The normalized spacial score (nSPS) is 15.6. The molecule has 1 amide bonds. The fraction of sp³-hybridized carbons (Fsp3) is 0.304. The third kappa shape index (κ3) is 4.70. The first kappa shape index (κ1) is 22.8. The van der Waals surface area contributed by atoms with Crippen LogP contribution in [-0.2, 0) is 6.18 Å². The van der Waals surface area contributed by atoms with Gasteiger partial charge in [0.1, 0.15) is 23.2 Å². The van der Waals surface area contributed by atoms with Crippen molar-refractivity contribution in [2.75, 3.05) is 31.1 Å². The van der Waals surface area contributed by atoms with E-state index in [1.807, 2.05) is 0 Å². The molecular formula is C23H21F4N3O3. The van der Waals surface area contributed by atoms with E-state index in [1.165, 1.54) is 42.2 Å². The van der Waals surface area contributed by atoms with Crippen LogP contribution < -0.4 is 4.90 Å². The highest BCUT2D eigenvalue weighted by Crippen LogP contribution is 2.33. The van der Waals surface area contributed by atoms with E-state index in [-0.39, 0.29) is 30.1 Å². The van der Waals surface area contributed by atoms with Gasteiger partial charge >= 0.3 is 6.18 Å². The monoisotopic (exact) mass is 463 g/mol. The standard InChI is InChI=1S/C23H21F4N3O3/c1-14(31)21-19(20(28-33-21)15-5-7-17(24)8-6-15)22(32)30-11-9-29(10-12-30)18-4-2-3-16(13-18)23(25,26)27/h2-8,13-14,31H,9-12H2,1H3. The molecule has 0 bridgehead atoms. The highest BCUT2D eigenvalue weighted by molar-refractivity contribution is 6.01. The smallest absolute Gasteiger partial charge is 0.385 e. The minimum atomic E-state index is -4.43. The second kappa shape index (κ2) is 8.86. The van der Waals surface area contributed by atoms with Crippen LogP contribution in [0.15, 0.2) is 53.1 Å². The Morgan fingerprint density at radius 1 is 1.09 bits per heavy atom. The number of anilines is 1. The van der Waals surface area contributed by atoms with E-state index in [2.05, 4.69) is 5.16 Å². The molecule has 1 atom stereocenters. The lowest BCUT2D eigenvalue weighted by Gasteiger charge is -2.36. The summed E-state index contributed by atoms with van der Waals surface area (Å²) in [5, 5.41) is 14.0. The average Bonchev–Trinajstić information content (AvgIpc) is 3.24. The minimum Gasteiger partial charge on any atom is -0.385 e. The lowest BCUT2D eigenvalue weighted by atomic mass is 10.0. The number of aromatic nitrogens is 1. The van der Waals surface area contributed by atoms with E-state index < -0.39 is 29.6 Å². The molecule has 6 nitrogen and oxygen atoms in total. The molecule has 33 heavy (non-hydrogen) atoms. The summed E-state index contributed by atoms with van der Waals surface area (Å²) in [4.78, 5) is 16.7. The van der Waals surface area contributed by atoms with Gasteiger partial charge in [-0.05, 0) is 49.4 Å². The van der Waals surface area contributed by atoms with Gasteiger partial charge in [-0.2, -0.15) is 13.2 Å². The molecule has 0 spiro atoms. The number of alkyl halides is 3. The zero-order valence-electron chi connectivity index (χ0n) is 17.6. The number of hydrogen-bond acceptors (Lipinski definition) is 5. The van der Waals surface area contributed by atoms with Crippen LogP contribution in [0.2, 0.25) is 0 Å². The molecule has 0 radical (unpaired) electrons. The molecule has 1 aromatic heterocycles. The number of amides is 1. The predicted molar refractivity (Wildman–Crippen MR) is 112 cm³/mol. The Morgan fingerprint density at radius 3 is 2.36 bits per heavy atom. The van der Waals surface area contributed by atoms with E-state index in [9.17, 15) is 27.5 Å². The number of aliphatic hydroxyl groups is 1. The third-order valence-corrected chi connectivity index (χ3v) is 5.53. The van der Waals surface area contributed by atoms with Crippen molar-refractivity contribution in [3.8, 4) is 11.3 Å². The Bertz CT molecular complexity index is 1130. The Hall–Kier alpha value is -3.40. The Labute approximate surface area is 187 Å². The summed E-state index contributed by atoms with van der Waals surface area (Å²) < 4.78 is 57.7. The summed E-state index contributed by atoms with van der Waals surface area (Å²) in [5.41, 5.74) is 0.436. The van der Waals surface area contributed by atoms with Gasteiger partial charge in [-0.1, -0.05) is 11.2 Å². The van der Waals surface area contributed by atoms with Crippen molar-refractivity contribution < 1.29 is 32.0 Å². The molecule has 1 unspecified atom stereocenters. The van der Waals surface area contributed by atoms with Crippen molar-refractivity contribution >= 4 is 11.6 Å². The quantitative estimate of drug-likeness (QED) is 0.577. The fourth-order valence-electron chi connectivity index (χ4n) is 3.80. The lowest BCUT2D eigenvalue weighted by molar-refractivity contribution is -0.137. The molecule has 0 aliphatic carbocycles. The largest absolute Gasteiger partial charge is 0.416 e. The molecule has 1 N–H and O–H groups in total. The maximum atomic E-state index is 13.3. The first-order valence-corrected chi connectivity index (χ1v) is 10.3. The molecule has 1 saturated heterocycles. The number of rotatable bonds is 4. The van der Waals surface area contributed by atoms with Gasteiger partial charge in [-0.25, -0.2) is 4.39 Å². The summed E-state index contributed by atoms with van der Waals surface area (Å²) in [6.07, 6.45) is -5.53. The van der Waals surface area contributed by atoms with Crippen molar-refractivity contribution in [2.24, 2.45) is 0 Å². The first-order chi connectivity index (χ1) is 15.6. The molecule has 4 rings (SSSR count). The number of piperazine rings is 1. The average molecular weight is 463 g/mol. The van der Waals surface area contributed by atoms with Gasteiger partial charge < -0.3 is 19.4 Å². The van der Waals surface area contributed by atoms with Crippen LogP contribution in [0.4, 0.5) is 23.2 Å². The van der Waals surface area contributed by atoms with E-state index >= 15 is 0 Å². The topological polar surface area (TPSA) is 69.8 Å². The van der Waals surface area contributed by atoms with Crippen molar-refractivity contribution in [2.45, 2.75) is 19.2 Å². The van der Waals surface area contributed by atoms with Crippen LogP contribution >= 0.6 is 0 Å². The molecule has 2 aromatic carbocycles. The van der Waals surface area contributed by atoms with Crippen LogP contribution in [0.25, 0.3) is 11.3 Å². The molecule has 1 aliphatic rings. The molecule has 3 aromatic rings. The van der Waals surface area contributed by atoms with Crippen molar-refractivity contribution in [1.29, 1.82) is 0 Å². The van der Waals surface area contributed by atoms with Crippen LogP contribution in [0.3, 0.4) is 0 Å².